The molecule has 0 radical (unpaired) electrons. The minimum atomic E-state index is -0.144. The average molecular weight is 244 g/mol. The molecule has 0 heterocycles. The lowest BCUT2D eigenvalue weighted by Crippen LogP contribution is -2.43. The normalized spacial score (nSPS) is 18.5. The predicted octanol–water partition coefficient (Wildman–Crippen LogP) is 0.873. The number of carbonyl (C=O) groups excluding carboxylic acids is 1. The molecule has 0 aromatic rings. The fraction of sp³-hybridized carbons (Fsp3) is 0.917. The van der Waals surface area contributed by atoms with Gasteiger partial charge < -0.3 is 20.5 Å². The monoisotopic (exact) mass is 244 g/mol. The highest BCUT2D eigenvalue weighted by atomic mass is 16.5. The van der Waals surface area contributed by atoms with Crippen molar-refractivity contribution >= 4 is 6.03 Å². The summed E-state index contributed by atoms with van der Waals surface area (Å²) in [6.07, 6.45) is 3.93. The highest BCUT2D eigenvalue weighted by Gasteiger charge is 2.42. The number of methoxy groups -OCH3 is 1. The number of nitrogens with one attached hydrogen (secondary N) is 2. The summed E-state index contributed by atoms with van der Waals surface area (Å²) in [6.45, 7) is 3.45. The Bertz CT molecular complexity index is 242. The molecule has 5 nitrogen and oxygen atoms in total. The standard InChI is InChI=1S/C12H24N2O3/c1-10(3-7-15)14-11(16)13-9-12(4-5-12)6-8-17-2/h10,15H,3-9H2,1-2H3,(H2,13,14,16)/t10-/m1/s1. The van der Waals surface area contributed by atoms with Crippen LogP contribution >= 0.6 is 0 Å². The Labute approximate surface area is 103 Å². The van der Waals surface area contributed by atoms with Crippen LogP contribution in [0.3, 0.4) is 0 Å². The van der Waals surface area contributed by atoms with Gasteiger partial charge >= 0.3 is 6.03 Å². The quantitative estimate of drug-likeness (QED) is 0.593. The van der Waals surface area contributed by atoms with Crippen LogP contribution in [0.2, 0.25) is 0 Å². The number of hydrogen-bond donors (Lipinski definition) is 3. The van der Waals surface area contributed by atoms with Crippen molar-refractivity contribution in [1.29, 1.82) is 0 Å². The van der Waals surface area contributed by atoms with Crippen molar-refractivity contribution in [3.63, 3.8) is 0 Å². The summed E-state index contributed by atoms with van der Waals surface area (Å²) < 4.78 is 5.06. The third kappa shape index (κ3) is 5.37. The lowest BCUT2D eigenvalue weighted by molar-refractivity contribution is 0.170. The van der Waals surface area contributed by atoms with E-state index in [1.807, 2.05) is 6.92 Å². The molecular formula is C12H24N2O3. The van der Waals surface area contributed by atoms with E-state index in [4.69, 9.17) is 9.84 Å². The number of aliphatic hydroxyl groups excluding tert-OH is 1. The molecule has 0 aliphatic heterocycles. The molecule has 2 amide bonds. The van der Waals surface area contributed by atoms with Crippen LogP contribution in [-0.2, 0) is 4.74 Å². The first-order valence-corrected chi connectivity index (χ1v) is 6.26. The largest absolute Gasteiger partial charge is 0.396 e. The molecule has 1 fully saturated rings. The zero-order valence-corrected chi connectivity index (χ0v) is 10.8. The zero-order valence-electron chi connectivity index (χ0n) is 10.8. The second-order valence-electron chi connectivity index (χ2n) is 4.98. The molecule has 0 spiro atoms. The summed E-state index contributed by atoms with van der Waals surface area (Å²) >= 11 is 0. The molecule has 3 N–H and O–H groups in total. The number of carbonyl (C=O) groups is 1. The van der Waals surface area contributed by atoms with Gasteiger partial charge in [0.2, 0.25) is 0 Å². The van der Waals surface area contributed by atoms with E-state index in [0.29, 0.717) is 13.0 Å². The van der Waals surface area contributed by atoms with Crippen molar-refractivity contribution in [2.45, 2.75) is 38.6 Å². The fourth-order valence-corrected chi connectivity index (χ4v) is 1.82. The molecule has 1 aliphatic carbocycles. The van der Waals surface area contributed by atoms with Gasteiger partial charge in [0.1, 0.15) is 0 Å². The highest BCUT2D eigenvalue weighted by Crippen LogP contribution is 2.48. The van der Waals surface area contributed by atoms with Crippen molar-refractivity contribution in [2.75, 3.05) is 26.9 Å². The van der Waals surface area contributed by atoms with Gasteiger partial charge in [0, 0.05) is 32.9 Å². The Hall–Kier alpha value is -0.810. The molecule has 0 aromatic carbocycles. The van der Waals surface area contributed by atoms with E-state index in [0.717, 1.165) is 13.0 Å². The number of amides is 2. The molecule has 5 heteroatoms. The van der Waals surface area contributed by atoms with Gasteiger partial charge in [-0.15, -0.1) is 0 Å². The van der Waals surface area contributed by atoms with Crippen LogP contribution in [0, 0.1) is 5.41 Å². The Morgan fingerprint density at radius 3 is 2.76 bits per heavy atom. The van der Waals surface area contributed by atoms with E-state index in [2.05, 4.69) is 10.6 Å². The van der Waals surface area contributed by atoms with Crippen LogP contribution in [-0.4, -0.2) is 44.0 Å². The lowest BCUT2D eigenvalue weighted by atomic mass is 10.0. The van der Waals surface area contributed by atoms with Gasteiger partial charge in [0.25, 0.3) is 0 Å². The SMILES string of the molecule is COCCC1(CNC(=O)N[C@H](C)CCO)CC1. The van der Waals surface area contributed by atoms with E-state index in [9.17, 15) is 4.79 Å². The maximum Gasteiger partial charge on any atom is 0.315 e. The average Bonchev–Trinajstić information content (AvgIpc) is 3.05. The second kappa shape index (κ2) is 6.81. The first-order chi connectivity index (χ1) is 8.12. The maximum atomic E-state index is 11.5. The number of aliphatic hydroxyl groups is 1. The molecule has 0 aromatic heterocycles. The van der Waals surface area contributed by atoms with Crippen LogP contribution in [0.25, 0.3) is 0 Å². The topological polar surface area (TPSA) is 70.6 Å². The molecule has 1 aliphatic rings. The minimum Gasteiger partial charge on any atom is -0.396 e. The number of urea groups is 1. The van der Waals surface area contributed by atoms with Crippen LogP contribution in [0.5, 0.6) is 0 Å². The minimum absolute atomic E-state index is 0.00845. The molecule has 17 heavy (non-hydrogen) atoms. The number of ether oxygens (including phenoxy) is 1. The molecule has 1 rings (SSSR count). The smallest absolute Gasteiger partial charge is 0.315 e. The van der Waals surface area contributed by atoms with Crippen molar-refractivity contribution < 1.29 is 14.6 Å². The van der Waals surface area contributed by atoms with Crippen molar-refractivity contribution in [1.82, 2.24) is 10.6 Å². The summed E-state index contributed by atoms with van der Waals surface area (Å²) in [6, 6.07) is -0.135. The first kappa shape index (κ1) is 14.3. The third-order valence-corrected chi connectivity index (χ3v) is 3.36. The maximum absolute atomic E-state index is 11.5. The summed E-state index contributed by atoms with van der Waals surface area (Å²) in [5.41, 5.74) is 0.271. The third-order valence-electron chi connectivity index (χ3n) is 3.36. The van der Waals surface area contributed by atoms with Gasteiger partial charge in [-0.2, -0.15) is 0 Å². The van der Waals surface area contributed by atoms with Gasteiger partial charge in [0.15, 0.2) is 0 Å². The summed E-state index contributed by atoms with van der Waals surface area (Å²) in [5.74, 6) is 0. The number of rotatable bonds is 8. The van der Waals surface area contributed by atoms with Crippen molar-refractivity contribution in [3.8, 4) is 0 Å². The van der Waals surface area contributed by atoms with Crippen molar-refractivity contribution in [3.05, 3.63) is 0 Å². The summed E-state index contributed by atoms with van der Waals surface area (Å²) in [5, 5.41) is 14.4. The van der Waals surface area contributed by atoms with Crippen LogP contribution < -0.4 is 10.6 Å². The van der Waals surface area contributed by atoms with Crippen LogP contribution in [0.4, 0.5) is 4.79 Å². The fourth-order valence-electron chi connectivity index (χ4n) is 1.82. The van der Waals surface area contributed by atoms with E-state index < -0.39 is 0 Å². The van der Waals surface area contributed by atoms with Gasteiger partial charge in [0.05, 0.1) is 0 Å². The second-order valence-corrected chi connectivity index (χ2v) is 4.98. The van der Waals surface area contributed by atoms with Crippen LogP contribution in [0.15, 0.2) is 0 Å². The predicted molar refractivity (Wildman–Crippen MR) is 65.9 cm³/mol. The van der Waals surface area contributed by atoms with Gasteiger partial charge in [-0.05, 0) is 38.0 Å². The van der Waals surface area contributed by atoms with E-state index in [-0.39, 0.29) is 24.1 Å². The van der Waals surface area contributed by atoms with Gasteiger partial charge in [-0.3, -0.25) is 0 Å². The van der Waals surface area contributed by atoms with E-state index in [1.165, 1.54) is 12.8 Å². The van der Waals surface area contributed by atoms with Crippen molar-refractivity contribution in [2.24, 2.45) is 5.41 Å². The molecule has 1 atom stereocenters. The van der Waals surface area contributed by atoms with Crippen LogP contribution in [0.1, 0.15) is 32.6 Å². The molecule has 0 bridgehead atoms. The zero-order chi connectivity index (χ0) is 12.7. The Balaban J connectivity index is 2.15. The molecule has 0 unspecified atom stereocenters. The molecule has 1 saturated carbocycles. The van der Waals surface area contributed by atoms with E-state index in [1.54, 1.807) is 7.11 Å². The summed E-state index contributed by atoms with van der Waals surface area (Å²) in [7, 11) is 1.70. The first-order valence-electron chi connectivity index (χ1n) is 6.26. The summed E-state index contributed by atoms with van der Waals surface area (Å²) in [4.78, 5) is 11.5. The highest BCUT2D eigenvalue weighted by molar-refractivity contribution is 5.74. The molecule has 0 saturated heterocycles. The lowest BCUT2D eigenvalue weighted by Gasteiger charge is -2.18. The Kier molecular flexibility index (Phi) is 5.71. The molecular weight excluding hydrogens is 220 g/mol. The Morgan fingerprint density at radius 1 is 1.53 bits per heavy atom. The number of hydrogen-bond acceptors (Lipinski definition) is 3. The van der Waals surface area contributed by atoms with Gasteiger partial charge in [-0.25, -0.2) is 4.79 Å². The molecule has 100 valence electrons. The Morgan fingerprint density at radius 2 is 2.24 bits per heavy atom. The van der Waals surface area contributed by atoms with E-state index >= 15 is 0 Å². The van der Waals surface area contributed by atoms with Gasteiger partial charge in [-0.1, -0.05) is 0 Å².